The van der Waals surface area contributed by atoms with Crippen molar-refractivity contribution in [2.24, 2.45) is 5.92 Å². The average molecular weight is 359 g/mol. The number of halogens is 1. The molecule has 1 aliphatic rings. The third kappa shape index (κ3) is 3.54. The van der Waals surface area contributed by atoms with Crippen LogP contribution in [0.15, 0.2) is 22.6 Å². The van der Waals surface area contributed by atoms with Gasteiger partial charge in [-0.15, -0.1) is 0 Å². The third-order valence-electron chi connectivity index (χ3n) is 4.73. The van der Waals surface area contributed by atoms with Crippen molar-refractivity contribution in [3.8, 4) is 6.07 Å². The minimum Gasteiger partial charge on any atom is -0.453 e. The molecule has 1 saturated carbocycles. The Bertz CT molecular complexity index is 859. The normalized spacial score (nSPS) is 16.4. The molecule has 0 radical (unpaired) electrons. The van der Waals surface area contributed by atoms with Gasteiger partial charge in [-0.1, -0.05) is 30.9 Å². The zero-order chi connectivity index (χ0) is 18.0. The van der Waals surface area contributed by atoms with E-state index in [1.54, 1.807) is 25.1 Å². The number of rotatable bonds is 4. The number of nitriles is 1. The number of hydrogen-bond acceptors (Lipinski definition) is 4. The average Bonchev–Trinajstić information content (AvgIpc) is 2.93. The third-order valence-corrected chi connectivity index (χ3v) is 4.96. The first-order valence-electron chi connectivity index (χ1n) is 8.44. The van der Waals surface area contributed by atoms with E-state index in [1.165, 1.54) is 0 Å². The molecule has 1 aliphatic carbocycles. The van der Waals surface area contributed by atoms with E-state index in [9.17, 15) is 14.9 Å². The lowest BCUT2D eigenvalue weighted by Crippen LogP contribution is -2.42. The monoisotopic (exact) mass is 358 g/mol. The summed E-state index contributed by atoms with van der Waals surface area (Å²) in [6, 6.07) is 6.91. The molecule has 0 bridgehead atoms. The number of aryl methyl sites for hydroxylation is 1. The number of furan rings is 1. The summed E-state index contributed by atoms with van der Waals surface area (Å²) in [5.41, 5.74) is 1.10. The molecular weight excluding hydrogens is 340 g/mol. The molecule has 5 nitrogen and oxygen atoms in total. The van der Waals surface area contributed by atoms with Crippen molar-refractivity contribution in [1.82, 2.24) is 5.32 Å². The van der Waals surface area contributed by atoms with Gasteiger partial charge in [-0.3, -0.25) is 9.59 Å². The Kier molecular flexibility index (Phi) is 5.10. The second kappa shape index (κ2) is 7.28. The second-order valence-electron chi connectivity index (χ2n) is 6.47. The van der Waals surface area contributed by atoms with Crippen molar-refractivity contribution in [3.05, 3.63) is 34.5 Å². The van der Waals surface area contributed by atoms with Gasteiger partial charge in [-0.25, -0.2) is 0 Å². The number of Topliss-reactive ketones (excluding diaryl/α,β-unsaturated/α-hetero) is 1. The Morgan fingerprint density at radius 2 is 2.04 bits per heavy atom. The SMILES string of the molecule is Cc1c(C(=O)C(C#N)C(=O)NC2CCCCC2)oc2ccc(Cl)cc12. The fourth-order valence-corrected chi connectivity index (χ4v) is 3.50. The lowest BCUT2D eigenvalue weighted by molar-refractivity contribution is -0.123. The topological polar surface area (TPSA) is 83.1 Å². The summed E-state index contributed by atoms with van der Waals surface area (Å²) < 4.78 is 5.60. The molecule has 3 rings (SSSR count). The summed E-state index contributed by atoms with van der Waals surface area (Å²) >= 11 is 5.99. The van der Waals surface area contributed by atoms with Gasteiger partial charge in [0.1, 0.15) is 5.58 Å². The minimum absolute atomic E-state index is 0.0421. The predicted octanol–water partition coefficient (Wildman–Crippen LogP) is 4.17. The molecule has 1 atom stereocenters. The van der Waals surface area contributed by atoms with Crippen LogP contribution in [-0.2, 0) is 4.79 Å². The van der Waals surface area contributed by atoms with E-state index in [2.05, 4.69) is 5.32 Å². The fourth-order valence-electron chi connectivity index (χ4n) is 3.33. The number of fused-ring (bicyclic) bond motifs is 1. The van der Waals surface area contributed by atoms with Crippen LogP contribution in [0, 0.1) is 24.2 Å². The maximum Gasteiger partial charge on any atom is 0.245 e. The molecule has 1 aromatic carbocycles. The lowest BCUT2D eigenvalue weighted by Gasteiger charge is -2.23. The van der Waals surface area contributed by atoms with Crippen LogP contribution in [0.3, 0.4) is 0 Å². The number of nitrogens with one attached hydrogen (secondary N) is 1. The fraction of sp³-hybridized carbons (Fsp3) is 0.421. The van der Waals surface area contributed by atoms with E-state index in [-0.39, 0.29) is 11.8 Å². The van der Waals surface area contributed by atoms with Crippen LogP contribution in [0.4, 0.5) is 0 Å². The molecule has 2 aromatic rings. The Morgan fingerprint density at radius 1 is 1.32 bits per heavy atom. The number of ketones is 1. The van der Waals surface area contributed by atoms with E-state index >= 15 is 0 Å². The van der Waals surface area contributed by atoms with Crippen molar-refractivity contribution < 1.29 is 14.0 Å². The highest BCUT2D eigenvalue weighted by Crippen LogP contribution is 2.29. The van der Waals surface area contributed by atoms with E-state index in [4.69, 9.17) is 16.0 Å². The quantitative estimate of drug-likeness (QED) is 0.656. The van der Waals surface area contributed by atoms with Crippen molar-refractivity contribution in [3.63, 3.8) is 0 Å². The van der Waals surface area contributed by atoms with Gasteiger partial charge in [0.2, 0.25) is 11.7 Å². The van der Waals surface area contributed by atoms with Crippen molar-refractivity contribution in [2.45, 2.75) is 45.1 Å². The first kappa shape index (κ1) is 17.5. The van der Waals surface area contributed by atoms with Crippen LogP contribution in [0.5, 0.6) is 0 Å². The summed E-state index contributed by atoms with van der Waals surface area (Å²) in [5.74, 6) is -2.52. The summed E-state index contributed by atoms with van der Waals surface area (Å²) in [5, 5.41) is 13.4. The second-order valence-corrected chi connectivity index (χ2v) is 6.90. The zero-order valence-corrected chi connectivity index (χ0v) is 14.7. The van der Waals surface area contributed by atoms with Gasteiger partial charge in [-0.05, 0) is 38.0 Å². The van der Waals surface area contributed by atoms with E-state index in [1.807, 2.05) is 6.07 Å². The molecule has 130 valence electrons. The van der Waals surface area contributed by atoms with Gasteiger partial charge in [0.05, 0.1) is 6.07 Å². The molecule has 1 N–H and O–H groups in total. The molecule has 6 heteroatoms. The molecule has 0 aliphatic heterocycles. The van der Waals surface area contributed by atoms with Gasteiger partial charge >= 0.3 is 0 Å². The summed E-state index contributed by atoms with van der Waals surface area (Å²) in [7, 11) is 0. The summed E-state index contributed by atoms with van der Waals surface area (Å²) in [4.78, 5) is 25.1. The molecular formula is C19H19ClN2O3. The van der Waals surface area contributed by atoms with Gasteiger partial charge < -0.3 is 9.73 Å². The van der Waals surface area contributed by atoms with Crippen molar-refractivity contribution in [1.29, 1.82) is 5.26 Å². The number of amides is 1. The van der Waals surface area contributed by atoms with Crippen LogP contribution >= 0.6 is 11.6 Å². The molecule has 1 aromatic heterocycles. The van der Waals surface area contributed by atoms with Crippen LogP contribution in [0.1, 0.15) is 48.2 Å². The maximum absolute atomic E-state index is 12.7. The Balaban J connectivity index is 1.83. The Morgan fingerprint density at radius 3 is 2.72 bits per heavy atom. The Labute approximate surface area is 150 Å². The Hall–Kier alpha value is -2.32. The van der Waals surface area contributed by atoms with Gasteiger partial charge in [-0.2, -0.15) is 5.26 Å². The molecule has 0 spiro atoms. The highest BCUT2D eigenvalue weighted by atomic mass is 35.5. The number of nitrogens with zero attached hydrogens (tertiary/aromatic N) is 1. The molecule has 1 amide bonds. The summed E-state index contributed by atoms with van der Waals surface area (Å²) in [6.45, 7) is 1.73. The van der Waals surface area contributed by atoms with Gasteiger partial charge in [0.15, 0.2) is 11.7 Å². The zero-order valence-electron chi connectivity index (χ0n) is 14.0. The van der Waals surface area contributed by atoms with Crippen molar-refractivity contribution >= 4 is 34.3 Å². The predicted molar refractivity (Wildman–Crippen MR) is 94.4 cm³/mol. The van der Waals surface area contributed by atoms with E-state index in [0.717, 1.165) is 32.1 Å². The lowest BCUT2D eigenvalue weighted by atomic mass is 9.94. The van der Waals surface area contributed by atoms with Crippen molar-refractivity contribution in [2.75, 3.05) is 0 Å². The molecule has 1 heterocycles. The standard InChI is InChI=1S/C19H19ClN2O3/c1-11-14-9-12(20)7-8-16(14)25-18(11)17(23)15(10-21)19(24)22-13-5-3-2-4-6-13/h7-9,13,15H,2-6H2,1H3,(H,22,24). The number of carbonyl (C=O) groups excluding carboxylic acids is 2. The van der Waals surface area contributed by atoms with Gasteiger partial charge in [0.25, 0.3) is 0 Å². The molecule has 1 fully saturated rings. The van der Waals surface area contributed by atoms with E-state index in [0.29, 0.717) is 21.6 Å². The van der Waals surface area contributed by atoms with Crippen LogP contribution in [0.2, 0.25) is 5.02 Å². The number of hydrogen-bond donors (Lipinski definition) is 1. The van der Waals surface area contributed by atoms with Crippen LogP contribution in [0.25, 0.3) is 11.0 Å². The minimum atomic E-state index is -1.41. The largest absolute Gasteiger partial charge is 0.453 e. The van der Waals surface area contributed by atoms with Crippen LogP contribution in [-0.4, -0.2) is 17.7 Å². The molecule has 0 saturated heterocycles. The van der Waals surface area contributed by atoms with E-state index < -0.39 is 17.6 Å². The number of benzene rings is 1. The number of carbonyl (C=O) groups is 2. The van der Waals surface area contributed by atoms with Crippen LogP contribution < -0.4 is 5.32 Å². The summed E-state index contributed by atoms with van der Waals surface area (Å²) in [6.07, 6.45) is 5.05. The smallest absolute Gasteiger partial charge is 0.245 e. The first-order valence-corrected chi connectivity index (χ1v) is 8.82. The van der Waals surface area contributed by atoms with Gasteiger partial charge in [0, 0.05) is 22.0 Å². The highest BCUT2D eigenvalue weighted by molar-refractivity contribution is 6.31. The highest BCUT2D eigenvalue weighted by Gasteiger charge is 2.33. The first-order chi connectivity index (χ1) is 12.0. The molecule has 1 unspecified atom stereocenters. The molecule has 25 heavy (non-hydrogen) atoms. The maximum atomic E-state index is 12.7.